The van der Waals surface area contributed by atoms with Crippen molar-refractivity contribution in [3.63, 3.8) is 0 Å². The zero-order valence-electron chi connectivity index (χ0n) is 10.6. The van der Waals surface area contributed by atoms with Gasteiger partial charge in [0, 0.05) is 12.1 Å². The first-order valence-electron chi connectivity index (χ1n) is 6.17. The van der Waals surface area contributed by atoms with Crippen LogP contribution < -0.4 is 0 Å². The maximum absolute atomic E-state index is 11.5. The van der Waals surface area contributed by atoms with E-state index in [1.165, 1.54) is 6.92 Å². The lowest BCUT2D eigenvalue weighted by Gasteiger charge is -2.10. The van der Waals surface area contributed by atoms with Crippen LogP contribution in [0.3, 0.4) is 0 Å². The summed E-state index contributed by atoms with van der Waals surface area (Å²) in [5.74, 6) is -1.62. The molecule has 0 aliphatic heterocycles. The number of hydrogen-bond acceptors (Lipinski definition) is 5. The average molecular weight is 250 g/mol. The van der Waals surface area contributed by atoms with E-state index in [2.05, 4.69) is 0 Å². The number of hydrogen-bond donors (Lipinski definition) is 1. The van der Waals surface area contributed by atoms with Gasteiger partial charge in [0.25, 0.3) is 0 Å². The Hall–Kier alpha value is -1.70. The highest BCUT2D eigenvalue weighted by Crippen LogP contribution is 2.27. The molecule has 0 aromatic carbocycles. The molecule has 1 unspecified atom stereocenters. The second-order valence-corrected chi connectivity index (χ2v) is 4.73. The van der Waals surface area contributed by atoms with Crippen molar-refractivity contribution in [2.24, 2.45) is 11.8 Å². The Morgan fingerprint density at radius 2 is 2.06 bits per heavy atom. The van der Waals surface area contributed by atoms with Gasteiger partial charge in [-0.3, -0.25) is 9.59 Å². The highest BCUT2D eigenvalue weighted by atomic mass is 16.5. The van der Waals surface area contributed by atoms with E-state index in [0.717, 1.165) is 25.7 Å². The molecule has 98 valence electrons. The molecule has 1 saturated carbocycles. The molecular formula is C13H18N2O3. The van der Waals surface area contributed by atoms with Gasteiger partial charge in [0.2, 0.25) is 0 Å². The van der Waals surface area contributed by atoms with Crippen LogP contribution in [0.2, 0.25) is 0 Å². The second-order valence-electron chi connectivity index (χ2n) is 4.73. The molecule has 1 aliphatic carbocycles. The van der Waals surface area contributed by atoms with Crippen LogP contribution in [0, 0.1) is 28.6 Å². The standard InChI is InChI=1S/C13H18N2O3/c1-9(15)11(7-14)12(16)8-18-13(17)6-10-4-2-3-5-10/h10-11,15H,2-6,8H2,1H3. The largest absolute Gasteiger partial charge is 0.458 e. The van der Waals surface area contributed by atoms with Crippen LogP contribution in [0.4, 0.5) is 0 Å². The number of ketones is 1. The minimum Gasteiger partial charge on any atom is -0.458 e. The third kappa shape index (κ3) is 4.28. The van der Waals surface area contributed by atoms with E-state index >= 15 is 0 Å². The number of Topliss-reactive ketones (excluding diaryl/α,β-unsaturated/α-hetero) is 1. The van der Waals surface area contributed by atoms with E-state index in [0.29, 0.717) is 12.3 Å². The molecular weight excluding hydrogens is 232 g/mol. The number of carbonyl (C=O) groups excluding carboxylic acids is 2. The molecule has 0 heterocycles. The molecule has 1 aliphatic rings. The Bertz CT molecular complexity index is 378. The van der Waals surface area contributed by atoms with E-state index in [1.54, 1.807) is 6.07 Å². The van der Waals surface area contributed by atoms with Crippen molar-refractivity contribution in [3.8, 4) is 6.07 Å². The topological polar surface area (TPSA) is 91.0 Å². The van der Waals surface area contributed by atoms with E-state index in [4.69, 9.17) is 15.4 Å². The molecule has 0 aromatic heterocycles. The summed E-state index contributed by atoms with van der Waals surface area (Å²) in [6.07, 6.45) is 4.75. The normalized spacial score (nSPS) is 16.9. The first-order chi connectivity index (χ1) is 8.54. The molecule has 0 radical (unpaired) electrons. The molecule has 0 spiro atoms. The molecule has 0 aromatic rings. The summed E-state index contributed by atoms with van der Waals surface area (Å²) in [4.78, 5) is 23.0. The van der Waals surface area contributed by atoms with Gasteiger partial charge in [0.15, 0.2) is 12.4 Å². The second kappa shape index (κ2) is 6.90. The van der Waals surface area contributed by atoms with Gasteiger partial charge in [0.1, 0.15) is 5.92 Å². The number of carbonyl (C=O) groups is 2. The Balaban J connectivity index is 2.31. The van der Waals surface area contributed by atoms with Crippen LogP contribution in [0.15, 0.2) is 0 Å². The zero-order chi connectivity index (χ0) is 13.5. The first kappa shape index (κ1) is 14.4. The van der Waals surface area contributed by atoms with Crippen molar-refractivity contribution in [2.75, 3.05) is 6.61 Å². The summed E-state index contributed by atoms with van der Waals surface area (Å²) in [5.41, 5.74) is -0.0191. The predicted molar refractivity (Wildman–Crippen MR) is 65.0 cm³/mol. The maximum atomic E-state index is 11.5. The van der Waals surface area contributed by atoms with Gasteiger partial charge < -0.3 is 10.1 Å². The predicted octanol–water partition coefficient (Wildman–Crippen LogP) is 1.86. The van der Waals surface area contributed by atoms with Gasteiger partial charge in [-0.15, -0.1) is 0 Å². The lowest BCUT2D eigenvalue weighted by Crippen LogP contribution is -2.25. The van der Waals surface area contributed by atoms with Crippen LogP contribution in [0.5, 0.6) is 0 Å². The van der Waals surface area contributed by atoms with Crippen molar-refractivity contribution >= 4 is 17.5 Å². The molecule has 0 amide bonds. The van der Waals surface area contributed by atoms with Crippen molar-refractivity contribution < 1.29 is 14.3 Å². The fraction of sp³-hybridized carbons (Fsp3) is 0.692. The lowest BCUT2D eigenvalue weighted by molar-refractivity contribution is -0.149. The van der Waals surface area contributed by atoms with E-state index in [9.17, 15) is 9.59 Å². The highest BCUT2D eigenvalue weighted by Gasteiger charge is 2.23. The number of nitrogens with zero attached hydrogens (tertiary/aromatic N) is 1. The number of esters is 1. The number of rotatable bonds is 6. The number of nitriles is 1. The molecule has 5 heteroatoms. The quantitative estimate of drug-likeness (QED) is 0.575. The molecule has 18 heavy (non-hydrogen) atoms. The third-order valence-corrected chi connectivity index (χ3v) is 3.19. The van der Waals surface area contributed by atoms with E-state index in [1.807, 2.05) is 0 Å². The summed E-state index contributed by atoms with van der Waals surface area (Å²) < 4.78 is 4.86. The third-order valence-electron chi connectivity index (χ3n) is 3.19. The van der Waals surface area contributed by atoms with Crippen LogP contribution in [0.1, 0.15) is 39.0 Å². The number of ether oxygens (including phenoxy) is 1. The Morgan fingerprint density at radius 1 is 1.44 bits per heavy atom. The SMILES string of the molecule is CC(=N)C(C#N)C(=O)COC(=O)CC1CCCC1. The maximum Gasteiger partial charge on any atom is 0.306 e. The van der Waals surface area contributed by atoms with Crippen LogP contribution in [-0.4, -0.2) is 24.1 Å². The van der Waals surface area contributed by atoms with Crippen LogP contribution in [-0.2, 0) is 14.3 Å². The van der Waals surface area contributed by atoms with Crippen molar-refractivity contribution in [2.45, 2.75) is 39.0 Å². The molecule has 1 rings (SSSR count). The smallest absolute Gasteiger partial charge is 0.306 e. The highest BCUT2D eigenvalue weighted by molar-refractivity contribution is 6.05. The fourth-order valence-electron chi connectivity index (χ4n) is 2.15. The van der Waals surface area contributed by atoms with E-state index < -0.39 is 18.3 Å². The van der Waals surface area contributed by atoms with E-state index in [-0.39, 0.29) is 11.7 Å². The number of nitrogens with one attached hydrogen (secondary N) is 1. The summed E-state index contributed by atoms with van der Waals surface area (Å²) in [7, 11) is 0. The summed E-state index contributed by atoms with van der Waals surface area (Å²) in [6.45, 7) is 0.992. The molecule has 5 nitrogen and oxygen atoms in total. The minimum absolute atomic E-state index is 0.0191. The Kier molecular flexibility index (Phi) is 5.50. The van der Waals surface area contributed by atoms with Crippen molar-refractivity contribution in [1.29, 1.82) is 10.7 Å². The Labute approximate surface area is 107 Å². The van der Waals surface area contributed by atoms with Crippen molar-refractivity contribution in [3.05, 3.63) is 0 Å². The monoisotopic (exact) mass is 250 g/mol. The summed E-state index contributed by atoms with van der Waals surface area (Å²) in [5, 5.41) is 16.0. The van der Waals surface area contributed by atoms with Crippen LogP contribution in [0.25, 0.3) is 0 Å². The van der Waals surface area contributed by atoms with Gasteiger partial charge in [-0.05, 0) is 25.7 Å². The lowest BCUT2D eigenvalue weighted by atomic mass is 10.0. The molecule has 1 N–H and O–H groups in total. The average Bonchev–Trinajstić information content (AvgIpc) is 2.79. The van der Waals surface area contributed by atoms with Gasteiger partial charge in [-0.25, -0.2) is 0 Å². The van der Waals surface area contributed by atoms with Gasteiger partial charge in [-0.2, -0.15) is 5.26 Å². The van der Waals surface area contributed by atoms with Crippen molar-refractivity contribution in [1.82, 2.24) is 0 Å². The summed E-state index contributed by atoms with van der Waals surface area (Å²) >= 11 is 0. The van der Waals surface area contributed by atoms with Gasteiger partial charge in [-0.1, -0.05) is 12.8 Å². The van der Waals surface area contributed by atoms with Gasteiger partial charge >= 0.3 is 5.97 Å². The Morgan fingerprint density at radius 3 is 2.56 bits per heavy atom. The van der Waals surface area contributed by atoms with Gasteiger partial charge in [0.05, 0.1) is 6.07 Å². The molecule has 1 fully saturated rings. The minimum atomic E-state index is -1.09. The zero-order valence-corrected chi connectivity index (χ0v) is 10.6. The summed E-state index contributed by atoms with van der Waals surface area (Å²) in [6, 6.07) is 1.73. The molecule has 0 saturated heterocycles. The van der Waals surface area contributed by atoms with Crippen LogP contribution >= 0.6 is 0 Å². The molecule has 0 bridgehead atoms. The molecule has 1 atom stereocenters. The fourth-order valence-corrected chi connectivity index (χ4v) is 2.15. The first-order valence-corrected chi connectivity index (χ1v) is 6.17.